The zero-order valence-corrected chi connectivity index (χ0v) is 14.3. The molecule has 1 atom stereocenters. The summed E-state index contributed by atoms with van der Waals surface area (Å²) in [4.78, 5) is 29.2. The van der Waals surface area contributed by atoms with Gasteiger partial charge in [0.15, 0.2) is 0 Å². The van der Waals surface area contributed by atoms with Gasteiger partial charge in [-0.15, -0.1) is 0 Å². The van der Waals surface area contributed by atoms with Crippen LogP contribution in [0.15, 0.2) is 55.1 Å². The smallest absolute Gasteiger partial charge is 0.269 e. The first-order chi connectivity index (χ1) is 12.5. The van der Waals surface area contributed by atoms with E-state index in [9.17, 15) is 10.1 Å². The van der Waals surface area contributed by atoms with E-state index < -0.39 is 4.92 Å². The lowest BCUT2D eigenvalue weighted by atomic mass is 10.2. The first kappa shape index (κ1) is 17.2. The Bertz CT molecular complexity index is 870. The van der Waals surface area contributed by atoms with Gasteiger partial charge >= 0.3 is 0 Å². The van der Waals surface area contributed by atoms with Crippen molar-refractivity contribution < 1.29 is 4.92 Å². The Morgan fingerprint density at radius 1 is 1.04 bits per heavy atom. The van der Waals surface area contributed by atoms with Gasteiger partial charge in [0.2, 0.25) is 5.95 Å². The van der Waals surface area contributed by atoms with Crippen LogP contribution >= 0.6 is 0 Å². The highest BCUT2D eigenvalue weighted by atomic mass is 16.6. The third kappa shape index (κ3) is 3.89. The number of non-ortho nitro benzene ring substituents is 1. The van der Waals surface area contributed by atoms with Gasteiger partial charge in [0.05, 0.1) is 29.0 Å². The summed E-state index contributed by atoms with van der Waals surface area (Å²) in [6, 6.07) is 7.89. The number of aromatic nitrogens is 4. The summed E-state index contributed by atoms with van der Waals surface area (Å²) in [6.07, 6.45) is 6.72. The second-order valence-corrected chi connectivity index (χ2v) is 5.57. The molecule has 1 unspecified atom stereocenters. The maximum Gasteiger partial charge on any atom is 0.269 e. The molecular weight excluding hydrogens is 334 g/mol. The van der Waals surface area contributed by atoms with Crippen molar-refractivity contribution in [2.24, 2.45) is 0 Å². The van der Waals surface area contributed by atoms with E-state index in [4.69, 9.17) is 0 Å². The third-order valence-corrected chi connectivity index (χ3v) is 3.79. The molecule has 26 heavy (non-hydrogen) atoms. The highest BCUT2D eigenvalue weighted by molar-refractivity contribution is 5.62. The maximum atomic E-state index is 10.7. The highest BCUT2D eigenvalue weighted by Crippen LogP contribution is 2.25. The minimum atomic E-state index is -0.424. The molecule has 3 rings (SSSR count). The van der Waals surface area contributed by atoms with Gasteiger partial charge in [-0.3, -0.25) is 10.1 Å². The molecular formula is C17H17N7O2. The summed E-state index contributed by atoms with van der Waals surface area (Å²) in [5, 5.41) is 13.9. The second-order valence-electron chi connectivity index (χ2n) is 5.57. The Labute approximate surface area is 149 Å². The Morgan fingerprint density at radius 3 is 2.23 bits per heavy atom. The van der Waals surface area contributed by atoms with E-state index in [-0.39, 0.29) is 11.7 Å². The number of hydrogen-bond acceptors (Lipinski definition) is 8. The summed E-state index contributed by atoms with van der Waals surface area (Å²) < 4.78 is 0. The van der Waals surface area contributed by atoms with Crippen molar-refractivity contribution in [2.45, 2.75) is 13.0 Å². The molecule has 0 fully saturated rings. The quantitative estimate of drug-likeness (QED) is 0.533. The normalized spacial score (nSPS) is 11.6. The molecule has 1 N–H and O–H groups in total. The fraction of sp³-hybridized carbons (Fsp3) is 0.176. The molecule has 0 amide bonds. The number of benzene rings is 1. The van der Waals surface area contributed by atoms with Crippen LogP contribution in [0.25, 0.3) is 0 Å². The zero-order valence-electron chi connectivity index (χ0n) is 14.3. The fourth-order valence-corrected chi connectivity index (χ4v) is 2.31. The molecule has 0 bridgehead atoms. The van der Waals surface area contributed by atoms with Crippen LogP contribution in [0.2, 0.25) is 0 Å². The molecule has 2 aromatic heterocycles. The standard InChI is InChI=1S/C17H17N7O2/c1-12(22-17-18-8-3-9-19-17)16-20-10-15(11-21-16)23(2)13-4-6-14(7-5-13)24(25)26/h3-12H,1-2H3,(H,18,19,22). The molecule has 9 heteroatoms. The van der Waals surface area contributed by atoms with Crippen molar-refractivity contribution in [2.75, 3.05) is 17.3 Å². The summed E-state index contributed by atoms with van der Waals surface area (Å²) in [6.45, 7) is 1.92. The molecule has 3 aromatic rings. The van der Waals surface area contributed by atoms with Crippen LogP contribution in [0, 0.1) is 10.1 Å². The molecule has 0 radical (unpaired) electrons. The van der Waals surface area contributed by atoms with E-state index in [1.165, 1.54) is 12.1 Å². The second kappa shape index (κ2) is 7.51. The van der Waals surface area contributed by atoms with Crippen molar-refractivity contribution in [3.8, 4) is 0 Å². The van der Waals surface area contributed by atoms with Gasteiger partial charge in [0.1, 0.15) is 5.82 Å². The van der Waals surface area contributed by atoms with E-state index in [0.29, 0.717) is 11.8 Å². The maximum absolute atomic E-state index is 10.7. The molecule has 0 aliphatic heterocycles. The van der Waals surface area contributed by atoms with Crippen molar-refractivity contribution in [1.82, 2.24) is 19.9 Å². The van der Waals surface area contributed by atoms with Gasteiger partial charge in [0.25, 0.3) is 5.69 Å². The number of rotatable bonds is 6. The van der Waals surface area contributed by atoms with Gasteiger partial charge in [-0.05, 0) is 25.1 Å². The average molecular weight is 351 g/mol. The van der Waals surface area contributed by atoms with E-state index in [1.54, 1.807) is 43.0 Å². The number of hydrogen-bond donors (Lipinski definition) is 1. The largest absolute Gasteiger partial charge is 0.344 e. The Kier molecular flexibility index (Phi) is 4.97. The SMILES string of the molecule is CC(Nc1ncccn1)c1ncc(N(C)c2ccc([N+](=O)[O-])cc2)cn1. The van der Waals surface area contributed by atoms with E-state index in [0.717, 1.165) is 11.4 Å². The van der Waals surface area contributed by atoms with Gasteiger partial charge in [-0.25, -0.2) is 19.9 Å². The average Bonchev–Trinajstić information content (AvgIpc) is 2.68. The van der Waals surface area contributed by atoms with Crippen LogP contribution in [0.3, 0.4) is 0 Å². The van der Waals surface area contributed by atoms with Crippen molar-refractivity contribution in [3.05, 3.63) is 71.1 Å². The summed E-state index contributed by atoms with van der Waals surface area (Å²) in [5.74, 6) is 1.12. The molecule has 132 valence electrons. The van der Waals surface area contributed by atoms with E-state index >= 15 is 0 Å². The zero-order chi connectivity index (χ0) is 18.5. The molecule has 1 aromatic carbocycles. The fourth-order valence-electron chi connectivity index (χ4n) is 2.31. The van der Waals surface area contributed by atoms with Crippen molar-refractivity contribution in [1.29, 1.82) is 0 Å². The molecule has 0 saturated carbocycles. The lowest BCUT2D eigenvalue weighted by Gasteiger charge is -2.19. The number of nitro groups is 1. The lowest BCUT2D eigenvalue weighted by Crippen LogP contribution is -2.14. The molecule has 0 aliphatic rings. The molecule has 9 nitrogen and oxygen atoms in total. The summed E-state index contributed by atoms with van der Waals surface area (Å²) >= 11 is 0. The van der Waals surface area contributed by atoms with Crippen molar-refractivity contribution >= 4 is 23.0 Å². The monoisotopic (exact) mass is 351 g/mol. The number of nitrogens with zero attached hydrogens (tertiary/aromatic N) is 6. The topological polar surface area (TPSA) is 110 Å². The third-order valence-electron chi connectivity index (χ3n) is 3.79. The minimum absolute atomic E-state index is 0.0526. The first-order valence-corrected chi connectivity index (χ1v) is 7.88. The predicted octanol–water partition coefficient (Wildman–Crippen LogP) is 3.12. The van der Waals surface area contributed by atoms with Crippen LogP contribution in [0.5, 0.6) is 0 Å². The van der Waals surface area contributed by atoms with Crippen LogP contribution < -0.4 is 10.2 Å². The predicted molar refractivity (Wildman–Crippen MR) is 97.3 cm³/mol. The molecule has 0 spiro atoms. The number of nitrogens with one attached hydrogen (secondary N) is 1. The lowest BCUT2D eigenvalue weighted by molar-refractivity contribution is -0.384. The van der Waals surface area contributed by atoms with Gasteiger partial charge in [-0.1, -0.05) is 0 Å². The van der Waals surface area contributed by atoms with Crippen LogP contribution in [-0.4, -0.2) is 31.9 Å². The van der Waals surface area contributed by atoms with E-state index in [1.807, 2.05) is 18.9 Å². The Morgan fingerprint density at radius 2 is 1.65 bits per heavy atom. The Balaban J connectivity index is 1.71. The number of anilines is 3. The molecule has 0 saturated heterocycles. The van der Waals surface area contributed by atoms with Crippen LogP contribution in [-0.2, 0) is 0 Å². The van der Waals surface area contributed by atoms with Crippen molar-refractivity contribution in [3.63, 3.8) is 0 Å². The summed E-state index contributed by atoms with van der Waals surface area (Å²) in [7, 11) is 1.85. The molecule has 2 heterocycles. The van der Waals surface area contributed by atoms with E-state index in [2.05, 4.69) is 25.3 Å². The van der Waals surface area contributed by atoms with Gasteiger partial charge < -0.3 is 10.2 Å². The highest BCUT2D eigenvalue weighted by Gasteiger charge is 2.12. The van der Waals surface area contributed by atoms with Crippen LogP contribution in [0.1, 0.15) is 18.8 Å². The van der Waals surface area contributed by atoms with Gasteiger partial charge in [-0.2, -0.15) is 0 Å². The Hall–Kier alpha value is -3.62. The molecule has 0 aliphatic carbocycles. The summed E-state index contributed by atoms with van der Waals surface area (Å²) in [5.41, 5.74) is 1.62. The number of nitro benzene ring substituents is 1. The van der Waals surface area contributed by atoms with Crippen LogP contribution in [0.4, 0.5) is 23.0 Å². The minimum Gasteiger partial charge on any atom is -0.344 e. The first-order valence-electron chi connectivity index (χ1n) is 7.88. The van der Waals surface area contributed by atoms with Gasteiger partial charge in [0, 0.05) is 37.3 Å².